The van der Waals surface area contributed by atoms with Gasteiger partial charge in [-0.3, -0.25) is 5.10 Å². The highest BCUT2D eigenvalue weighted by Crippen LogP contribution is 2.31. The quantitative estimate of drug-likeness (QED) is 0.824. The van der Waals surface area contributed by atoms with Crippen LogP contribution in [0.1, 0.15) is 24.5 Å². The number of rotatable bonds is 1. The van der Waals surface area contributed by atoms with Crippen LogP contribution in [0, 0.1) is 5.82 Å². The molecule has 0 saturated carbocycles. The first-order valence-corrected chi connectivity index (χ1v) is 6.33. The molecule has 5 nitrogen and oxygen atoms in total. The predicted octanol–water partition coefficient (Wildman–Crippen LogP) is 1.96. The van der Waals surface area contributed by atoms with Crippen molar-refractivity contribution in [3.63, 3.8) is 0 Å². The molecule has 2 amide bonds. The third-order valence-electron chi connectivity index (χ3n) is 3.76. The smallest absolute Gasteiger partial charge is 0.314 e. The van der Waals surface area contributed by atoms with Crippen LogP contribution in [-0.2, 0) is 0 Å². The SMILES string of the molecule is NC(=O)N1CCC(c2[nH]nc3cc(F)ccc23)CC1. The van der Waals surface area contributed by atoms with Crippen LogP contribution in [0.3, 0.4) is 0 Å². The number of nitrogens with one attached hydrogen (secondary N) is 1. The Morgan fingerprint density at radius 3 is 2.84 bits per heavy atom. The van der Waals surface area contributed by atoms with Crippen molar-refractivity contribution in [2.24, 2.45) is 5.73 Å². The minimum atomic E-state index is -0.366. The Hall–Kier alpha value is -2.11. The monoisotopic (exact) mass is 262 g/mol. The number of nitrogens with two attached hydrogens (primary N) is 1. The van der Waals surface area contributed by atoms with Gasteiger partial charge in [-0.2, -0.15) is 5.10 Å². The highest BCUT2D eigenvalue weighted by molar-refractivity contribution is 5.81. The number of hydrogen-bond donors (Lipinski definition) is 2. The molecule has 1 aliphatic heterocycles. The largest absolute Gasteiger partial charge is 0.351 e. The molecule has 0 unspecified atom stereocenters. The number of primary amides is 1. The van der Waals surface area contributed by atoms with Crippen LogP contribution < -0.4 is 5.73 Å². The van der Waals surface area contributed by atoms with Gasteiger partial charge in [-0.05, 0) is 25.0 Å². The fourth-order valence-electron chi connectivity index (χ4n) is 2.71. The van der Waals surface area contributed by atoms with Crippen molar-refractivity contribution in [3.8, 4) is 0 Å². The van der Waals surface area contributed by atoms with Crippen LogP contribution in [0.4, 0.5) is 9.18 Å². The molecular weight excluding hydrogens is 247 g/mol. The Morgan fingerprint density at radius 1 is 1.42 bits per heavy atom. The summed E-state index contributed by atoms with van der Waals surface area (Å²) >= 11 is 0. The highest BCUT2D eigenvalue weighted by atomic mass is 19.1. The van der Waals surface area contributed by atoms with Crippen molar-refractivity contribution in [1.29, 1.82) is 0 Å². The first kappa shape index (κ1) is 12.0. The maximum Gasteiger partial charge on any atom is 0.314 e. The van der Waals surface area contributed by atoms with E-state index in [1.165, 1.54) is 12.1 Å². The summed E-state index contributed by atoms with van der Waals surface area (Å²) in [5.74, 6) is 0.0279. The normalized spacial score (nSPS) is 17.0. The molecule has 0 aliphatic carbocycles. The van der Waals surface area contributed by atoms with Gasteiger partial charge in [-0.15, -0.1) is 0 Å². The van der Waals surface area contributed by atoms with Gasteiger partial charge in [0.1, 0.15) is 5.82 Å². The lowest BCUT2D eigenvalue weighted by atomic mass is 9.92. The molecule has 2 aromatic rings. The van der Waals surface area contributed by atoms with E-state index in [2.05, 4.69) is 10.2 Å². The first-order chi connectivity index (χ1) is 9.15. The summed E-state index contributed by atoms with van der Waals surface area (Å²) in [7, 11) is 0. The first-order valence-electron chi connectivity index (χ1n) is 6.33. The lowest BCUT2D eigenvalue weighted by Crippen LogP contribution is -2.41. The number of carbonyl (C=O) groups is 1. The second-order valence-electron chi connectivity index (χ2n) is 4.90. The van der Waals surface area contributed by atoms with E-state index in [-0.39, 0.29) is 11.8 Å². The molecule has 0 bridgehead atoms. The molecule has 2 heterocycles. The van der Waals surface area contributed by atoms with E-state index >= 15 is 0 Å². The lowest BCUT2D eigenvalue weighted by molar-refractivity contribution is 0.190. The molecule has 19 heavy (non-hydrogen) atoms. The molecule has 6 heteroatoms. The summed E-state index contributed by atoms with van der Waals surface area (Å²) in [6, 6.07) is 4.26. The molecular formula is C13H15FN4O. The molecule has 1 saturated heterocycles. The molecule has 0 atom stereocenters. The highest BCUT2D eigenvalue weighted by Gasteiger charge is 2.25. The number of H-pyrrole nitrogens is 1. The number of aromatic nitrogens is 2. The number of piperidine rings is 1. The van der Waals surface area contributed by atoms with E-state index in [0.717, 1.165) is 23.9 Å². The zero-order valence-corrected chi connectivity index (χ0v) is 10.4. The average Bonchev–Trinajstić information content (AvgIpc) is 2.81. The number of fused-ring (bicyclic) bond motifs is 1. The van der Waals surface area contributed by atoms with Gasteiger partial charge in [0, 0.05) is 36.2 Å². The standard InChI is InChI=1S/C13H15FN4O/c14-9-1-2-10-11(7-9)16-17-12(10)8-3-5-18(6-4-8)13(15)19/h1-2,7-8H,3-6H2,(H2,15,19)(H,16,17). The predicted molar refractivity (Wildman–Crippen MR) is 69.2 cm³/mol. The van der Waals surface area contributed by atoms with Crippen LogP contribution in [0.15, 0.2) is 18.2 Å². The molecule has 0 radical (unpaired) electrons. The molecule has 100 valence electrons. The summed E-state index contributed by atoms with van der Waals surface area (Å²) in [4.78, 5) is 12.7. The zero-order valence-electron chi connectivity index (χ0n) is 10.4. The lowest BCUT2D eigenvalue weighted by Gasteiger charge is -2.30. The van der Waals surface area contributed by atoms with Crippen molar-refractivity contribution >= 4 is 16.9 Å². The molecule has 1 aliphatic rings. The number of hydrogen-bond acceptors (Lipinski definition) is 2. The number of urea groups is 1. The molecule has 3 rings (SSSR count). The molecule has 1 fully saturated rings. The zero-order chi connectivity index (χ0) is 13.4. The Balaban J connectivity index is 1.84. The van der Waals surface area contributed by atoms with E-state index in [1.807, 2.05) is 0 Å². The second-order valence-corrected chi connectivity index (χ2v) is 4.90. The number of benzene rings is 1. The van der Waals surface area contributed by atoms with Crippen LogP contribution in [-0.4, -0.2) is 34.2 Å². The number of likely N-dealkylation sites (tertiary alicyclic amines) is 1. The second kappa shape index (κ2) is 4.53. The summed E-state index contributed by atoms with van der Waals surface area (Å²) in [6.07, 6.45) is 1.69. The van der Waals surface area contributed by atoms with E-state index in [1.54, 1.807) is 11.0 Å². The number of aromatic amines is 1. The molecule has 1 aromatic heterocycles. The van der Waals surface area contributed by atoms with Crippen molar-refractivity contribution in [3.05, 3.63) is 29.7 Å². The third-order valence-corrected chi connectivity index (χ3v) is 3.76. The topological polar surface area (TPSA) is 75.0 Å². The van der Waals surface area contributed by atoms with Crippen LogP contribution >= 0.6 is 0 Å². The summed E-state index contributed by atoms with van der Waals surface area (Å²) in [6.45, 7) is 1.31. The van der Waals surface area contributed by atoms with Gasteiger partial charge < -0.3 is 10.6 Å². The number of carbonyl (C=O) groups excluding carboxylic acids is 1. The fraction of sp³-hybridized carbons (Fsp3) is 0.385. The Labute approximate surface area is 109 Å². The van der Waals surface area contributed by atoms with E-state index in [9.17, 15) is 9.18 Å². The molecule has 0 spiro atoms. The van der Waals surface area contributed by atoms with Crippen LogP contribution in [0.5, 0.6) is 0 Å². The Morgan fingerprint density at radius 2 is 2.16 bits per heavy atom. The minimum absolute atomic E-state index is 0.283. The van der Waals surface area contributed by atoms with Gasteiger partial charge in [0.25, 0.3) is 0 Å². The van der Waals surface area contributed by atoms with Gasteiger partial charge in [-0.1, -0.05) is 0 Å². The summed E-state index contributed by atoms with van der Waals surface area (Å²) < 4.78 is 13.1. The number of nitrogens with zero attached hydrogens (tertiary/aromatic N) is 2. The average molecular weight is 262 g/mol. The third kappa shape index (κ3) is 2.14. The van der Waals surface area contributed by atoms with Gasteiger partial charge in [-0.25, -0.2) is 9.18 Å². The van der Waals surface area contributed by atoms with Crippen molar-refractivity contribution in [2.45, 2.75) is 18.8 Å². The minimum Gasteiger partial charge on any atom is -0.351 e. The van der Waals surface area contributed by atoms with Crippen LogP contribution in [0.2, 0.25) is 0 Å². The van der Waals surface area contributed by atoms with Crippen molar-refractivity contribution < 1.29 is 9.18 Å². The summed E-state index contributed by atoms with van der Waals surface area (Å²) in [5.41, 5.74) is 6.94. The fourth-order valence-corrected chi connectivity index (χ4v) is 2.71. The van der Waals surface area contributed by atoms with Gasteiger partial charge >= 0.3 is 6.03 Å². The maximum atomic E-state index is 13.1. The number of halogens is 1. The van der Waals surface area contributed by atoms with Crippen molar-refractivity contribution in [2.75, 3.05) is 13.1 Å². The van der Waals surface area contributed by atoms with E-state index < -0.39 is 0 Å². The van der Waals surface area contributed by atoms with Crippen molar-refractivity contribution in [1.82, 2.24) is 15.1 Å². The Kier molecular flexibility index (Phi) is 2.85. The van der Waals surface area contributed by atoms with E-state index in [4.69, 9.17) is 5.73 Å². The van der Waals surface area contributed by atoms with E-state index in [0.29, 0.717) is 24.5 Å². The maximum absolute atomic E-state index is 13.1. The molecule has 1 aromatic carbocycles. The Bertz CT molecular complexity index is 616. The number of amides is 2. The van der Waals surface area contributed by atoms with Gasteiger partial charge in [0.2, 0.25) is 0 Å². The molecule has 3 N–H and O–H groups in total. The van der Waals surface area contributed by atoms with Gasteiger partial charge in [0.05, 0.1) is 5.52 Å². The van der Waals surface area contributed by atoms with Gasteiger partial charge in [0.15, 0.2) is 0 Å². The van der Waals surface area contributed by atoms with Crippen LogP contribution in [0.25, 0.3) is 10.9 Å². The summed E-state index contributed by atoms with van der Waals surface area (Å²) in [5, 5.41) is 8.10.